The Labute approximate surface area is 98.0 Å². The number of hydrogen-bond acceptors (Lipinski definition) is 5. The highest BCUT2D eigenvalue weighted by Gasteiger charge is 1.94. The SMILES string of the molecule is N#CO.N#CO.Oc1cccc2ccccc12. The maximum absolute atomic E-state index is 9.37. The average Bonchev–Trinajstić information content (AvgIpc) is 2.32. The number of phenols is 1. The number of aliphatic hydroxyl groups excluding tert-OH is 2. The lowest BCUT2D eigenvalue weighted by Crippen LogP contribution is -1.70. The monoisotopic (exact) mass is 230 g/mol. The van der Waals surface area contributed by atoms with Crippen LogP contribution in [0.5, 0.6) is 5.75 Å². The van der Waals surface area contributed by atoms with Crippen molar-refractivity contribution in [3.63, 3.8) is 0 Å². The van der Waals surface area contributed by atoms with Crippen LogP contribution in [0.25, 0.3) is 10.8 Å². The molecule has 2 aromatic rings. The van der Waals surface area contributed by atoms with E-state index in [9.17, 15) is 5.11 Å². The molecule has 0 heterocycles. The average molecular weight is 230 g/mol. The van der Waals surface area contributed by atoms with Crippen molar-refractivity contribution in [3.05, 3.63) is 42.5 Å². The molecule has 0 amide bonds. The van der Waals surface area contributed by atoms with Crippen molar-refractivity contribution in [1.82, 2.24) is 0 Å². The van der Waals surface area contributed by atoms with Crippen LogP contribution in [-0.4, -0.2) is 15.3 Å². The van der Waals surface area contributed by atoms with Crippen molar-refractivity contribution in [1.29, 1.82) is 10.5 Å². The van der Waals surface area contributed by atoms with Crippen LogP contribution in [0.15, 0.2) is 42.5 Å². The van der Waals surface area contributed by atoms with E-state index in [4.69, 9.17) is 20.7 Å². The highest BCUT2D eigenvalue weighted by Crippen LogP contribution is 2.22. The Bertz CT molecular complexity index is 524. The molecule has 2 rings (SSSR count). The van der Waals surface area contributed by atoms with E-state index in [-0.39, 0.29) is 0 Å². The van der Waals surface area contributed by atoms with Gasteiger partial charge < -0.3 is 15.3 Å². The first-order chi connectivity index (χ1) is 8.21. The Kier molecular flexibility index (Phi) is 6.95. The van der Waals surface area contributed by atoms with Gasteiger partial charge in [-0.05, 0) is 11.5 Å². The summed E-state index contributed by atoms with van der Waals surface area (Å²) < 4.78 is 0. The molecule has 0 aliphatic heterocycles. The predicted octanol–water partition coefficient (Wildman–Crippen LogP) is 2.23. The molecule has 2 aromatic carbocycles. The lowest BCUT2D eigenvalue weighted by molar-refractivity contribution is 0.481. The number of nitrogens with zero attached hydrogens (tertiary/aromatic N) is 2. The molecule has 86 valence electrons. The number of nitriles is 2. The topological polar surface area (TPSA) is 108 Å². The number of hydrogen-bond donors (Lipinski definition) is 3. The lowest BCUT2D eigenvalue weighted by Gasteiger charge is -1.97. The van der Waals surface area contributed by atoms with Gasteiger partial charge in [-0.25, -0.2) is 0 Å². The van der Waals surface area contributed by atoms with E-state index in [1.165, 1.54) is 0 Å². The molecule has 0 saturated carbocycles. The van der Waals surface area contributed by atoms with Crippen LogP contribution >= 0.6 is 0 Å². The summed E-state index contributed by atoms with van der Waals surface area (Å²) in [5.74, 6) is 0.350. The van der Waals surface area contributed by atoms with Gasteiger partial charge in [0.2, 0.25) is 0 Å². The fourth-order valence-corrected chi connectivity index (χ4v) is 1.21. The molecule has 0 aliphatic carbocycles. The normalized spacial score (nSPS) is 7.41. The minimum Gasteiger partial charge on any atom is -0.507 e. The molecule has 0 bridgehead atoms. The van der Waals surface area contributed by atoms with Gasteiger partial charge >= 0.3 is 0 Å². The number of fused-ring (bicyclic) bond motifs is 1. The molecule has 0 aromatic heterocycles. The second-order valence-electron chi connectivity index (χ2n) is 2.70. The van der Waals surface area contributed by atoms with E-state index in [1.54, 1.807) is 6.07 Å². The van der Waals surface area contributed by atoms with Gasteiger partial charge in [0.25, 0.3) is 12.5 Å². The van der Waals surface area contributed by atoms with E-state index < -0.39 is 0 Å². The Morgan fingerprint density at radius 3 is 1.82 bits per heavy atom. The van der Waals surface area contributed by atoms with Crippen LogP contribution in [0.2, 0.25) is 0 Å². The molecule has 0 radical (unpaired) electrons. The summed E-state index contributed by atoms with van der Waals surface area (Å²) in [7, 11) is 0. The molecule has 5 heteroatoms. The third-order valence-corrected chi connectivity index (χ3v) is 1.77. The maximum atomic E-state index is 9.37. The number of aliphatic hydroxyl groups is 2. The Morgan fingerprint density at radius 2 is 1.29 bits per heavy atom. The van der Waals surface area contributed by atoms with Gasteiger partial charge in [0.15, 0.2) is 0 Å². The Hall–Kier alpha value is -2.92. The van der Waals surface area contributed by atoms with Gasteiger partial charge in [-0.3, -0.25) is 0 Å². The number of rotatable bonds is 0. The molecule has 3 N–H and O–H groups in total. The van der Waals surface area contributed by atoms with Crippen LogP contribution in [0, 0.1) is 23.0 Å². The first-order valence-electron chi connectivity index (χ1n) is 4.44. The Balaban J connectivity index is 0.000000366. The molecule has 0 atom stereocenters. The predicted molar refractivity (Wildman–Crippen MR) is 60.7 cm³/mol. The molecule has 5 nitrogen and oxygen atoms in total. The number of benzene rings is 2. The summed E-state index contributed by atoms with van der Waals surface area (Å²) >= 11 is 0. The molecule has 0 unspecified atom stereocenters. The molecule has 0 saturated heterocycles. The van der Waals surface area contributed by atoms with Gasteiger partial charge in [0.1, 0.15) is 5.75 Å². The van der Waals surface area contributed by atoms with Gasteiger partial charge in [0, 0.05) is 5.39 Å². The first kappa shape index (κ1) is 14.1. The van der Waals surface area contributed by atoms with Crippen molar-refractivity contribution in [2.45, 2.75) is 0 Å². The zero-order valence-electron chi connectivity index (χ0n) is 8.78. The molecule has 17 heavy (non-hydrogen) atoms. The fraction of sp³-hybridized carbons (Fsp3) is 0. The van der Waals surface area contributed by atoms with Crippen molar-refractivity contribution < 1.29 is 15.3 Å². The summed E-state index contributed by atoms with van der Waals surface area (Å²) in [6, 6.07) is 13.3. The fourth-order valence-electron chi connectivity index (χ4n) is 1.21. The summed E-state index contributed by atoms with van der Waals surface area (Å²) in [5.41, 5.74) is 0. The minimum absolute atomic E-state index is 0.350. The van der Waals surface area contributed by atoms with Crippen LogP contribution in [0.1, 0.15) is 0 Å². The smallest absolute Gasteiger partial charge is 0.283 e. The maximum Gasteiger partial charge on any atom is 0.283 e. The van der Waals surface area contributed by atoms with Crippen molar-refractivity contribution in [3.8, 4) is 18.3 Å². The van der Waals surface area contributed by atoms with Crippen LogP contribution in [-0.2, 0) is 0 Å². The Morgan fingerprint density at radius 1 is 0.824 bits per heavy atom. The first-order valence-corrected chi connectivity index (χ1v) is 4.44. The van der Waals surface area contributed by atoms with E-state index in [0.717, 1.165) is 23.3 Å². The molecule has 0 aliphatic rings. The summed E-state index contributed by atoms with van der Waals surface area (Å²) in [4.78, 5) is 0. The summed E-state index contributed by atoms with van der Waals surface area (Å²) in [6.07, 6.45) is 1.50. The van der Waals surface area contributed by atoms with Crippen LogP contribution in [0.4, 0.5) is 0 Å². The lowest BCUT2D eigenvalue weighted by atomic mass is 10.1. The minimum atomic E-state index is 0.350. The van der Waals surface area contributed by atoms with Gasteiger partial charge in [-0.1, -0.05) is 36.4 Å². The number of aromatic hydroxyl groups is 1. The van der Waals surface area contributed by atoms with Crippen molar-refractivity contribution in [2.75, 3.05) is 0 Å². The molecular formula is C12H10N2O3. The zero-order chi connectivity index (χ0) is 13.1. The van der Waals surface area contributed by atoms with Crippen LogP contribution < -0.4 is 0 Å². The zero-order valence-corrected chi connectivity index (χ0v) is 8.78. The van der Waals surface area contributed by atoms with E-state index >= 15 is 0 Å². The van der Waals surface area contributed by atoms with E-state index in [0.29, 0.717) is 5.75 Å². The van der Waals surface area contributed by atoms with E-state index in [1.807, 2.05) is 36.4 Å². The summed E-state index contributed by atoms with van der Waals surface area (Å²) in [5, 5.41) is 38.9. The van der Waals surface area contributed by atoms with Gasteiger partial charge in [-0.2, -0.15) is 10.5 Å². The molecular weight excluding hydrogens is 220 g/mol. The largest absolute Gasteiger partial charge is 0.507 e. The quantitative estimate of drug-likeness (QED) is 0.601. The number of phenolic OH excluding ortho intramolecular Hbond substituents is 1. The second kappa shape index (κ2) is 8.39. The standard InChI is InChI=1S/C10H8O.2CHNO/c11-10-7-3-5-8-4-1-2-6-9(8)10;2*2-1-3/h1-7,11H;2*3H. The molecule has 0 fully saturated rings. The van der Waals surface area contributed by atoms with Crippen molar-refractivity contribution in [2.24, 2.45) is 0 Å². The van der Waals surface area contributed by atoms with E-state index in [2.05, 4.69) is 0 Å². The third-order valence-electron chi connectivity index (χ3n) is 1.77. The highest BCUT2D eigenvalue weighted by molar-refractivity contribution is 5.87. The third kappa shape index (κ3) is 4.91. The second-order valence-corrected chi connectivity index (χ2v) is 2.70. The van der Waals surface area contributed by atoms with Gasteiger partial charge in [0.05, 0.1) is 0 Å². The van der Waals surface area contributed by atoms with Crippen LogP contribution in [0.3, 0.4) is 0 Å². The van der Waals surface area contributed by atoms with Gasteiger partial charge in [-0.15, -0.1) is 0 Å². The van der Waals surface area contributed by atoms with Crippen molar-refractivity contribution >= 4 is 10.8 Å². The highest BCUT2D eigenvalue weighted by atomic mass is 16.3. The summed E-state index contributed by atoms with van der Waals surface area (Å²) in [6.45, 7) is 0. The molecule has 0 spiro atoms.